The van der Waals surface area contributed by atoms with E-state index in [9.17, 15) is 14.4 Å². The first-order valence-electron chi connectivity index (χ1n) is 6.49. The summed E-state index contributed by atoms with van der Waals surface area (Å²) >= 11 is 0. The molecule has 0 aliphatic carbocycles. The fourth-order valence-electron chi connectivity index (χ4n) is 1.41. The van der Waals surface area contributed by atoms with Gasteiger partial charge >= 0.3 is 12.0 Å². The van der Waals surface area contributed by atoms with E-state index in [1.165, 1.54) is 0 Å². The fraction of sp³-hybridized carbons (Fsp3) is 0.750. The normalized spacial score (nSPS) is 13.2. The van der Waals surface area contributed by atoms with Crippen LogP contribution >= 0.6 is 0 Å². The molecule has 19 heavy (non-hydrogen) atoms. The van der Waals surface area contributed by atoms with E-state index in [0.717, 1.165) is 6.42 Å². The minimum atomic E-state index is -1.08. The number of amides is 3. The highest BCUT2D eigenvalue weighted by Gasteiger charge is 2.21. The van der Waals surface area contributed by atoms with Crippen LogP contribution in [-0.2, 0) is 9.59 Å². The zero-order valence-electron chi connectivity index (χ0n) is 11.7. The summed E-state index contributed by atoms with van der Waals surface area (Å²) in [5.74, 6) is -1.38. The maximum absolute atomic E-state index is 11.6. The molecule has 0 fully saturated rings. The second kappa shape index (κ2) is 9.18. The van der Waals surface area contributed by atoms with Crippen LogP contribution in [0.25, 0.3) is 0 Å². The second-order valence-corrected chi connectivity index (χ2v) is 4.31. The maximum Gasteiger partial charge on any atom is 0.326 e. The van der Waals surface area contributed by atoms with Crippen LogP contribution in [0.3, 0.4) is 0 Å². The molecule has 0 aromatic rings. The van der Waals surface area contributed by atoms with Gasteiger partial charge in [0, 0.05) is 6.54 Å². The second-order valence-electron chi connectivity index (χ2n) is 4.31. The Morgan fingerprint density at radius 1 is 1.11 bits per heavy atom. The van der Waals surface area contributed by atoms with Crippen LogP contribution in [0, 0.1) is 0 Å². The lowest BCUT2D eigenvalue weighted by atomic mass is 10.2. The summed E-state index contributed by atoms with van der Waals surface area (Å²) in [6.45, 7) is 5.84. The zero-order chi connectivity index (χ0) is 14.8. The SMILES string of the molecule is CCCNC(=O)C(C)NC(=O)N[C@@H](CCC)C(=O)O. The minimum absolute atomic E-state index is 0.292. The van der Waals surface area contributed by atoms with Gasteiger partial charge in [-0.15, -0.1) is 0 Å². The number of rotatable bonds is 8. The summed E-state index contributed by atoms with van der Waals surface area (Å²) in [5.41, 5.74) is 0. The Morgan fingerprint density at radius 3 is 2.21 bits per heavy atom. The highest BCUT2D eigenvalue weighted by atomic mass is 16.4. The summed E-state index contributed by atoms with van der Waals surface area (Å²) in [5, 5.41) is 16.3. The van der Waals surface area contributed by atoms with Crippen molar-refractivity contribution in [3.63, 3.8) is 0 Å². The average Bonchev–Trinajstić information content (AvgIpc) is 2.34. The topological polar surface area (TPSA) is 108 Å². The molecule has 0 aromatic carbocycles. The molecule has 2 atom stereocenters. The Morgan fingerprint density at radius 2 is 1.74 bits per heavy atom. The fourth-order valence-corrected chi connectivity index (χ4v) is 1.41. The molecule has 0 saturated heterocycles. The monoisotopic (exact) mass is 273 g/mol. The largest absolute Gasteiger partial charge is 0.480 e. The third-order valence-corrected chi connectivity index (χ3v) is 2.47. The van der Waals surface area contributed by atoms with E-state index < -0.39 is 24.1 Å². The third-order valence-electron chi connectivity index (χ3n) is 2.47. The van der Waals surface area contributed by atoms with Gasteiger partial charge in [-0.1, -0.05) is 20.3 Å². The van der Waals surface area contributed by atoms with Crippen molar-refractivity contribution >= 4 is 17.9 Å². The van der Waals surface area contributed by atoms with E-state index in [-0.39, 0.29) is 5.91 Å². The van der Waals surface area contributed by atoms with Crippen molar-refractivity contribution in [2.24, 2.45) is 0 Å². The first-order chi connectivity index (χ1) is 8.92. The van der Waals surface area contributed by atoms with Crippen LogP contribution in [0.1, 0.15) is 40.0 Å². The summed E-state index contributed by atoms with van der Waals surface area (Å²) in [4.78, 5) is 33.9. The van der Waals surface area contributed by atoms with E-state index in [1.54, 1.807) is 6.92 Å². The predicted octanol–water partition coefficient (Wildman–Crippen LogP) is 0.454. The van der Waals surface area contributed by atoms with Crippen LogP contribution in [0.5, 0.6) is 0 Å². The smallest absolute Gasteiger partial charge is 0.326 e. The van der Waals surface area contributed by atoms with Crippen molar-refractivity contribution in [1.82, 2.24) is 16.0 Å². The molecule has 0 spiro atoms. The van der Waals surface area contributed by atoms with Gasteiger partial charge in [0.25, 0.3) is 0 Å². The first kappa shape index (κ1) is 17.2. The lowest BCUT2D eigenvalue weighted by Crippen LogP contribution is -2.52. The standard InChI is InChI=1S/C12H23N3O4/c1-4-6-9(11(17)18)15-12(19)14-8(3)10(16)13-7-5-2/h8-9H,4-7H2,1-3H3,(H,13,16)(H,17,18)(H2,14,15,19)/t8?,9-/m0/s1. The van der Waals surface area contributed by atoms with E-state index in [0.29, 0.717) is 19.4 Å². The molecule has 0 aliphatic rings. The summed E-state index contributed by atoms with van der Waals surface area (Å²) < 4.78 is 0. The molecule has 0 rings (SSSR count). The van der Waals surface area contributed by atoms with E-state index in [2.05, 4.69) is 16.0 Å². The zero-order valence-corrected chi connectivity index (χ0v) is 11.7. The quantitative estimate of drug-likeness (QED) is 0.515. The molecule has 1 unspecified atom stereocenters. The van der Waals surface area contributed by atoms with Crippen molar-refractivity contribution in [2.75, 3.05) is 6.54 Å². The molecule has 0 heterocycles. The molecule has 7 nitrogen and oxygen atoms in total. The molecule has 0 aromatic heterocycles. The Balaban J connectivity index is 4.21. The number of carbonyl (C=O) groups is 3. The van der Waals surface area contributed by atoms with Crippen molar-refractivity contribution < 1.29 is 19.5 Å². The van der Waals surface area contributed by atoms with Crippen LogP contribution in [0.4, 0.5) is 4.79 Å². The lowest BCUT2D eigenvalue weighted by molar-refractivity contribution is -0.139. The molecule has 0 radical (unpaired) electrons. The number of carboxylic acids is 1. The highest BCUT2D eigenvalue weighted by molar-refractivity contribution is 5.88. The maximum atomic E-state index is 11.6. The van der Waals surface area contributed by atoms with Crippen LogP contribution in [-0.4, -0.2) is 41.6 Å². The Bertz CT molecular complexity index is 320. The van der Waals surface area contributed by atoms with Gasteiger partial charge in [0.2, 0.25) is 5.91 Å². The number of aliphatic carboxylic acids is 1. The summed E-state index contributed by atoms with van der Waals surface area (Å²) in [6, 6.07) is -2.29. The first-order valence-corrected chi connectivity index (χ1v) is 6.49. The molecule has 4 N–H and O–H groups in total. The average molecular weight is 273 g/mol. The van der Waals surface area contributed by atoms with Gasteiger partial charge in [0.05, 0.1) is 0 Å². The van der Waals surface area contributed by atoms with Gasteiger partial charge in [-0.05, 0) is 19.8 Å². The molecule has 3 amide bonds. The van der Waals surface area contributed by atoms with Crippen molar-refractivity contribution in [1.29, 1.82) is 0 Å². The van der Waals surface area contributed by atoms with Gasteiger partial charge in [0.1, 0.15) is 12.1 Å². The molecular weight excluding hydrogens is 250 g/mol. The predicted molar refractivity (Wildman–Crippen MR) is 70.8 cm³/mol. The van der Waals surface area contributed by atoms with Gasteiger partial charge in [-0.2, -0.15) is 0 Å². The number of carboxylic acid groups (broad SMARTS) is 1. The number of hydrogen-bond acceptors (Lipinski definition) is 3. The van der Waals surface area contributed by atoms with Gasteiger partial charge in [-0.25, -0.2) is 9.59 Å². The number of urea groups is 1. The van der Waals surface area contributed by atoms with Gasteiger partial charge in [-0.3, -0.25) is 4.79 Å². The molecular formula is C12H23N3O4. The molecule has 7 heteroatoms. The summed E-state index contributed by atoms with van der Waals surface area (Å²) in [6.07, 6.45) is 1.80. The third kappa shape index (κ3) is 7.28. The lowest BCUT2D eigenvalue weighted by Gasteiger charge is -2.17. The Kier molecular flexibility index (Phi) is 8.32. The molecule has 110 valence electrons. The molecule has 0 saturated carbocycles. The van der Waals surface area contributed by atoms with Crippen molar-refractivity contribution in [2.45, 2.75) is 52.1 Å². The Hall–Kier alpha value is -1.79. The van der Waals surface area contributed by atoms with Crippen LogP contribution < -0.4 is 16.0 Å². The molecule has 0 bridgehead atoms. The van der Waals surface area contributed by atoms with Crippen LogP contribution in [0.15, 0.2) is 0 Å². The number of hydrogen-bond donors (Lipinski definition) is 4. The van der Waals surface area contributed by atoms with E-state index in [1.807, 2.05) is 13.8 Å². The number of carbonyl (C=O) groups excluding carboxylic acids is 2. The van der Waals surface area contributed by atoms with E-state index >= 15 is 0 Å². The van der Waals surface area contributed by atoms with E-state index in [4.69, 9.17) is 5.11 Å². The van der Waals surface area contributed by atoms with Crippen LogP contribution in [0.2, 0.25) is 0 Å². The Labute approximate surface area is 113 Å². The van der Waals surface area contributed by atoms with Crippen molar-refractivity contribution in [3.8, 4) is 0 Å². The van der Waals surface area contributed by atoms with Gasteiger partial charge in [0.15, 0.2) is 0 Å². The summed E-state index contributed by atoms with van der Waals surface area (Å²) in [7, 11) is 0. The van der Waals surface area contributed by atoms with Crippen molar-refractivity contribution in [3.05, 3.63) is 0 Å². The molecule has 0 aliphatic heterocycles. The number of nitrogens with one attached hydrogen (secondary N) is 3. The minimum Gasteiger partial charge on any atom is -0.480 e. The van der Waals surface area contributed by atoms with Gasteiger partial charge < -0.3 is 21.1 Å². The highest BCUT2D eigenvalue weighted by Crippen LogP contribution is 1.96.